The number of ether oxygens (including phenoxy) is 3. The van der Waals surface area contributed by atoms with E-state index in [1.54, 1.807) is 64.2 Å². The molecule has 7 nitrogen and oxygen atoms in total. The van der Waals surface area contributed by atoms with E-state index in [2.05, 4.69) is 0 Å². The van der Waals surface area contributed by atoms with Crippen molar-refractivity contribution >= 4 is 6.08 Å². The summed E-state index contributed by atoms with van der Waals surface area (Å²) in [5.41, 5.74) is -2.81. The Balaban J connectivity index is 1.74. The normalized spacial score (nSPS) is 38.9. The van der Waals surface area contributed by atoms with Gasteiger partial charge >= 0.3 is 5.63 Å². The van der Waals surface area contributed by atoms with Crippen LogP contribution in [0.25, 0.3) is 6.08 Å². The maximum Gasteiger partial charge on any atom is 0.339 e. The Hall–Kier alpha value is -2.19. The lowest BCUT2D eigenvalue weighted by molar-refractivity contribution is -0.261. The van der Waals surface area contributed by atoms with Gasteiger partial charge in [0.1, 0.15) is 40.5 Å². The molecular formula is C23H30O7. The van der Waals surface area contributed by atoms with Crippen LogP contribution < -0.4 is 10.4 Å². The number of hydrogen-bond donors (Lipinski definition) is 2. The molecule has 0 aliphatic carbocycles. The van der Waals surface area contributed by atoms with E-state index in [4.69, 9.17) is 18.6 Å². The van der Waals surface area contributed by atoms with Gasteiger partial charge in [-0.1, -0.05) is 30.4 Å². The second-order valence-corrected chi connectivity index (χ2v) is 8.44. The summed E-state index contributed by atoms with van der Waals surface area (Å²) in [4.78, 5) is 11.6. The van der Waals surface area contributed by atoms with Crippen LogP contribution >= 0.6 is 0 Å². The Bertz CT molecular complexity index is 945. The molecule has 164 valence electrons. The van der Waals surface area contributed by atoms with Crippen LogP contribution in [0.15, 0.2) is 45.7 Å². The van der Waals surface area contributed by atoms with Gasteiger partial charge in [-0.25, -0.2) is 4.79 Å². The van der Waals surface area contributed by atoms with Crippen molar-refractivity contribution in [2.24, 2.45) is 0 Å². The van der Waals surface area contributed by atoms with Crippen LogP contribution in [0.4, 0.5) is 0 Å². The highest BCUT2D eigenvalue weighted by atomic mass is 16.6. The van der Waals surface area contributed by atoms with E-state index in [0.717, 1.165) is 5.56 Å². The Morgan fingerprint density at radius 1 is 1.07 bits per heavy atom. The molecule has 0 spiro atoms. The topological polar surface area (TPSA) is 98.4 Å². The summed E-state index contributed by atoms with van der Waals surface area (Å²) in [5.74, 6) is 0.893. The summed E-state index contributed by atoms with van der Waals surface area (Å²) in [5, 5.41) is 21.5. The zero-order chi connectivity index (χ0) is 22.3. The average Bonchev–Trinajstić information content (AvgIpc) is 2.82. The first-order chi connectivity index (χ1) is 14.0. The lowest BCUT2D eigenvalue weighted by atomic mass is 9.73. The number of aliphatic hydroxyl groups excluding tert-OH is 2. The molecule has 30 heavy (non-hydrogen) atoms. The number of aliphatic hydroxyl groups is 2. The van der Waals surface area contributed by atoms with Crippen molar-refractivity contribution in [3.8, 4) is 5.75 Å². The number of rotatable bonds is 5. The number of hydrogen-bond acceptors (Lipinski definition) is 7. The van der Waals surface area contributed by atoms with Crippen molar-refractivity contribution in [1.29, 1.82) is 0 Å². The molecule has 0 aromatic carbocycles. The van der Waals surface area contributed by atoms with E-state index in [9.17, 15) is 15.0 Å². The third-order valence-electron chi connectivity index (χ3n) is 6.28. The summed E-state index contributed by atoms with van der Waals surface area (Å²) in [6.45, 7) is 8.92. The summed E-state index contributed by atoms with van der Waals surface area (Å²) in [6, 6.07) is 1.30. The minimum absolute atomic E-state index is 0.360. The van der Waals surface area contributed by atoms with Crippen molar-refractivity contribution in [3.63, 3.8) is 0 Å². The molecule has 7 heteroatoms. The molecule has 2 N–H and O–H groups in total. The second-order valence-electron chi connectivity index (χ2n) is 8.44. The highest BCUT2D eigenvalue weighted by molar-refractivity contribution is 5.52. The first kappa shape index (κ1) is 22.5. The van der Waals surface area contributed by atoms with Crippen LogP contribution in [0.1, 0.15) is 39.0 Å². The monoisotopic (exact) mass is 418 g/mol. The maximum absolute atomic E-state index is 11.6. The Labute approximate surface area is 176 Å². The van der Waals surface area contributed by atoms with E-state index in [1.165, 1.54) is 13.2 Å². The predicted molar refractivity (Wildman–Crippen MR) is 112 cm³/mol. The van der Waals surface area contributed by atoms with Crippen molar-refractivity contribution in [2.45, 2.75) is 69.7 Å². The molecule has 3 heterocycles. The van der Waals surface area contributed by atoms with Crippen LogP contribution in [0.2, 0.25) is 0 Å². The van der Waals surface area contributed by atoms with E-state index in [-0.39, 0.29) is 6.10 Å². The smallest absolute Gasteiger partial charge is 0.339 e. The molecule has 6 atom stereocenters. The molecule has 2 saturated heterocycles. The van der Waals surface area contributed by atoms with Crippen molar-refractivity contribution in [1.82, 2.24) is 0 Å². The third-order valence-corrected chi connectivity index (χ3v) is 6.28. The van der Waals surface area contributed by atoms with E-state index < -0.39 is 34.6 Å². The van der Waals surface area contributed by atoms with E-state index >= 15 is 0 Å². The first-order valence-electron chi connectivity index (χ1n) is 9.93. The van der Waals surface area contributed by atoms with Gasteiger partial charge in [-0.05, 0) is 40.7 Å². The molecule has 2 bridgehead atoms. The van der Waals surface area contributed by atoms with Crippen molar-refractivity contribution in [2.75, 3.05) is 7.11 Å². The number of allylic oxidation sites excluding steroid dienone is 4. The minimum atomic E-state index is -1.11. The van der Waals surface area contributed by atoms with Crippen LogP contribution in [-0.2, 0) is 9.47 Å². The van der Waals surface area contributed by atoms with Gasteiger partial charge in [0.15, 0.2) is 0 Å². The molecule has 0 radical (unpaired) electrons. The minimum Gasteiger partial charge on any atom is -0.496 e. The molecule has 0 saturated carbocycles. The van der Waals surface area contributed by atoms with Gasteiger partial charge in [0, 0.05) is 5.56 Å². The number of methoxy groups -OCH3 is 1. The predicted octanol–water partition coefficient (Wildman–Crippen LogP) is 2.53. The molecule has 2 aliphatic heterocycles. The van der Waals surface area contributed by atoms with Crippen molar-refractivity contribution in [3.05, 3.63) is 58.2 Å². The van der Waals surface area contributed by atoms with E-state index in [0.29, 0.717) is 11.5 Å². The average molecular weight is 418 g/mol. The quantitative estimate of drug-likeness (QED) is 0.709. The van der Waals surface area contributed by atoms with Crippen LogP contribution in [-0.4, -0.2) is 52.4 Å². The van der Waals surface area contributed by atoms with Crippen LogP contribution in [0.3, 0.4) is 0 Å². The fourth-order valence-corrected chi connectivity index (χ4v) is 4.37. The lowest BCUT2D eigenvalue weighted by Gasteiger charge is -2.51. The van der Waals surface area contributed by atoms with Gasteiger partial charge in [0.25, 0.3) is 0 Å². The molecule has 2 aliphatic rings. The summed E-state index contributed by atoms with van der Waals surface area (Å²) >= 11 is 0. The van der Waals surface area contributed by atoms with Gasteiger partial charge in [-0.3, -0.25) is 0 Å². The summed E-state index contributed by atoms with van der Waals surface area (Å²) < 4.78 is 22.4. The third kappa shape index (κ3) is 3.56. The second kappa shape index (κ2) is 7.81. The first-order valence-corrected chi connectivity index (χ1v) is 9.93. The molecule has 1 unspecified atom stereocenters. The Kier molecular flexibility index (Phi) is 5.86. The number of fused-ring (bicyclic) bond motifs is 2. The zero-order valence-corrected chi connectivity index (χ0v) is 18.2. The van der Waals surface area contributed by atoms with Gasteiger partial charge in [0.05, 0.1) is 19.3 Å². The standard InChI is InChI=1S/C23H30O7/c1-14-16(28-18(24)13-17(14)27-6)11-9-7-8-10-12-21(3)19(25)23(5)20(26)22(4,30-21)15(2)29-23/h7-13,15,19-20,25-26H,1-6H3/b8-7-,11-9+,12-10+/t15-,19-,20?,21+,22+,23+/m0/s1. The highest BCUT2D eigenvalue weighted by Crippen LogP contribution is 2.52. The molecule has 2 fully saturated rings. The summed E-state index contributed by atoms with van der Waals surface area (Å²) in [7, 11) is 1.50. The van der Waals surface area contributed by atoms with Crippen LogP contribution in [0, 0.1) is 6.92 Å². The lowest BCUT2D eigenvalue weighted by Crippen LogP contribution is -2.69. The Morgan fingerprint density at radius 3 is 2.40 bits per heavy atom. The largest absolute Gasteiger partial charge is 0.496 e. The fraction of sp³-hybridized carbons (Fsp3) is 0.522. The van der Waals surface area contributed by atoms with Gasteiger partial charge in [-0.15, -0.1) is 0 Å². The van der Waals surface area contributed by atoms with Crippen molar-refractivity contribution < 1.29 is 28.8 Å². The molecule has 0 amide bonds. The summed E-state index contributed by atoms with van der Waals surface area (Å²) in [6.07, 6.45) is 8.11. The maximum atomic E-state index is 11.6. The zero-order valence-electron chi connectivity index (χ0n) is 18.2. The Morgan fingerprint density at radius 2 is 1.73 bits per heavy atom. The molecule has 1 aromatic heterocycles. The van der Waals surface area contributed by atoms with Gasteiger partial charge in [0.2, 0.25) is 0 Å². The van der Waals surface area contributed by atoms with E-state index in [1.807, 2.05) is 6.92 Å². The van der Waals surface area contributed by atoms with Gasteiger partial charge < -0.3 is 28.8 Å². The fourth-order valence-electron chi connectivity index (χ4n) is 4.37. The van der Waals surface area contributed by atoms with Gasteiger partial charge in [-0.2, -0.15) is 0 Å². The molecule has 1 aromatic rings. The molecule has 3 rings (SSSR count). The van der Waals surface area contributed by atoms with Crippen LogP contribution in [0.5, 0.6) is 5.75 Å². The SMILES string of the molecule is COc1cc(=O)oc(/C=C/C=C\C=C\[C@@]2(C)O[C@@]3(C)C(O)[C@](C)(O[C@H]3C)[C@H]2O)c1C. The molecular weight excluding hydrogens is 388 g/mol. The highest BCUT2D eigenvalue weighted by Gasteiger charge is 2.70.